The normalized spacial score (nSPS) is 12.8. The molecule has 0 fully saturated rings. The summed E-state index contributed by atoms with van der Waals surface area (Å²) in [5.74, 6) is -2.12. The molecule has 108 valence electrons. The Hall–Kier alpha value is -2.27. The monoisotopic (exact) mass is 291 g/mol. The molecule has 3 rings (SSSR count). The highest BCUT2D eigenvalue weighted by molar-refractivity contribution is 5.82. The van der Waals surface area contributed by atoms with Crippen LogP contribution in [0.15, 0.2) is 40.8 Å². The minimum absolute atomic E-state index is 0.00220. The SMILES string of the molecule is Cc1c(C(N)c2cccc(F)c2F)oc2cc(F)ccc12. The summed E-state index contributed by atoms with van der Waals surface area (Å²) in [4.78, 5) is 0. The van der Waals surface area contributed by atoms with E-state index in [-0.39, 0.29) is 5.56 Å². The van der Waals surface area contributed by atoms with E-state index >= 15 is 0 Å². The summed E-state index contributed by atoms with van der Waals surface area (Å²) >= 11 is 0. The minimum atomic E-state index is -1.00. The molecular formula is C16H12F3NO. The first kappa shape index (κ1) is 13.7. The second-order valence-electron chi connectivity index (χ2n) is 4.85. The number of hydrogen-bond acceptors (Lipinski definition) is 2. The highest BCUT2D eigenvalue weighted by atomic mass is 19.2. The highest BCUT2D eigenvalue weighted by Gasteiger charge is 2.22. The van der Waals surface area contributed by atoms with Gasteiger partial charge in [0.05, 0.1) is 6.04 Å². The van der Waals surface area contributed by atoms with Gasteiger partial charge in [0, 0.05) is 22.6 Å². The molecule has 0 saturated heterocycles. The van der Waals surface area contributed by atoms with Gasteiger partial charge in [0.2, 0.25) is 0 Å². The smallest absolute Gasteiger partial charge is 0.164 e. The fourth-order valence-electron chi connectivity index (χ4n) is 2.42. The van der Waals surface area contributed by atoms with E-state index in [0.717, 1.165) is 6.07 Å². The van der Waals surface area contributed by atoms with Crippen LogP contribution in [-0.2, 0) is 0 Å². The van der Waals surface area contributed by atoms with Crippen LogP contribution in [0.5, 0.6) is 0 Å². The van der Waals surface area contributed by atoms with Gasteiger partial charge in [-0.15, -0.1) is 0 Å². The van der Waals surface area contributed by atoms with Crippen LogP contribution in [-0.4, -0.2) is 0 Å². The summed E-state index contributed by atoms with van der Waals surface area (Å²) in [6, 6.07) is 6.95. The van der Waals surface area contributed by atoms with Gasteiger partial charge in [-0.25, -0.2) is 13.2 Å². The first-order valence-electron chi connectivity index (χ1n) is 6.37. The predicted octanol–water partition coefficient (Wildman–Crippen LogP) is 4.21. The lowest BCUT2D eigenvalue weighted by Gasteiger charge is -2.11. The van der Waals surface area contributed by atoms with Gasteiger partial charge in [-0.1, -0.05) is 12.1 Å². The van der Waals surface area contributed by atoms with Crippen molar-refractivity contribution in [1.82, 2.24) is 0 Å². The summed E-state index contributed by atoms with van der Waals surface area (Å²) in [6.07, 6.45) is 0. The molecule has 0 aliphatic carbocycles. The molecule has 5 heteroatoms. The Morgan fingerprint density at radius 1 is 1.10 bits per heavy atom. The molecule has 0 spiro atoms. The van der Waals surface area contributed by atoms with Crippen LogP contribution in [0.1, 0.15) is 22.9 Å². The average Bonchev–Trinajstić information content (AvgIpc) is 2.78. The fourth-order valence-corrected chi connectivity index (χ4v) is 2.42. The quantitative estimate of drug-likeness (QED) is 0.768. The van der Waals surface area contributed by atoms with Crippen LogP contribution < -0.4 is 5.73 Å². The molecule has 0 aliphatic heterocycles. The van der Waals surface area contributed by atoms with Crippen molar-refractivity contribution in [3.8, 4) is 0 Å². The number of hydrogen-bond donors (Lipinski definition) is 1. The van der Waals surface area contributed by atoms with Gasteiger partial charge in [-0.3, -0.25) is 0 Å². The molecule has 2 aromatic carbocycles. The zero-order valence-electron chi connectivity index (χ0n) is 11.2. The number of aryl methyl sites for hydroxylation is 1. The van der Waals surface area contributed by atoms with E-state index in [0.29, 0.717) is 22.3 Å². The molecule has 1 atom stereocenters. The number of nitrogens with two attached hydrogens (primary N) is 1. The maximum absolute atomic E-state index is 13.8. The molecule has 3 aromatic rings. The molecule has 0 saturated carbocycles. The topological polar surface area (TPSA) is 39.2 Å². The molecule has 1 heterocycles. The third kappa shape index (κ3) is 2.19. The lowest BCUT2D eigenvalue weighted by molar-refractivity contribution is 0.473. The molecule has 1 aromatic heterocycles. The van der Waals surface area contributed by atoms with E-state index in [2.05, 4.69) is 0 Å². The number of benzene rings is 2. The molecule has 0 bridgehead atoms. The van der Waals surface area contributed by atoms with Crippen molar-refractivity contribution in [2.45, 2.75) is 13.0 Å². The molecule has 0 radical (unpaired) electrons. The van der Waals surface area contributed by atoms with E-state index in [9.17, 15) is 13.2 Å². The zero-order chi connectivity index (χ0) is 15.1. The Kier molecular flexibility index (Phi) is 3.22. The van der Waals surface area contributed by atoms with Gasteiger partial charge in [-0.05, 0) is 25.1 Å². The number of rotatable bonds is 2. The van der Waals surface area contributed by atoms with E-state index in [1.54, 1.807) is 13.0 Å². The maximum atomic E-state index is 13.8. The highest BCUT2D eigenvalue weighted by Crippen LogP contribution is 2.33. The van der Waals surface area contributed by atoms with Gasteiger partial charge < -0.3 is 10.2 Å². The molecule has 0 aliphatic rings. The van der Waals surface area contributed by atoms with Crippen molar-refractivity contribution in [2.24, 2.45) is 5.73 Å². The summed E-state index contributed by atoms with van der Waals surface area (Å²) in [5, 5.41) is 0.693. The summed E-state index contributed by atoms with van der Waals surface area (Å²) in [5.41, 5.74) is 7.00. The summed E-state index contributed by atoms with van der Waals surface area (Å²) in [7, 11) is 0. The van der Waals surface area contributed by atoms with Crippen LogP contribution in [0.3, 0.4) is 0 Å². The Bertz CT molecular complexity index is 826. The van der Waals surface area contributed by atoms with E-state index in [1.165, 1.54) is 24.3 Å². The Balaban J connectivity index is 2.15. The first-order valence-corrected chi connectivity index (χ1v) is 6.37. The van der Waals surface area contributed by atoms with Crippen LogP contribution in [0, 0.1) is 24.4 Å². The Labute approximate surface area is 119 Å². The van der Waals surface area contributed by atoms with Crippen LogP contribution in [0.2, 0.25) is 0 Å². The number of fused-ring (bicyclic) bond motifs is 1. The summed E-state index contributed by atoms with van der Waals surface area (Å²) < 4.78 is 45.9. The third-order valence-electron chi connectivity index (χ3n) is 3.54. The number of halogens is 3. The van der Waals surface area contributed by atoms with Gasteiger partial charge in [-0.2, -0.15) is 0 Å². The molecule has 2 nitrogen and oxygen atoms in total. The third-order valence-corrected chi connectivity index (χ3v) is 3.54. The van der Waals surface area contributed by atoms with Crippen molar-refractivity contribution >= 4 is 11.0 Å². The van der Waals surface area contributed by atoms with E-state index < -0.39 is 23.5 Å². The largest absolute Gasteiger partial charge is 0.459 e. The van der Waals surface area contributed by atoms with Crippen molar-refractivity contribution in [1.29, 1.82) is 0 Å². The van der Waals surface area contributed by atoms with Gasteiger partial charge in [0.1, 0.15) is 17.2 Å². The first-order chi connectivity index (χ1) is 9.99. The Morgan fingerprint density at radius 2 is 1.86 bits per heavy atom. The zero-order valence-corrected chi connectivity index (χ0v) is 11.2. The van der Waals surface area contributed by atoms with Gasteiger partial charge in [0.15, 0.2) is 11.6 Å². The molecule has 21 heavy (non-hydrogen) atoms. The molecule has 2 N–H and O–H groups in total. The molecule has 1 unspecified atom stereocenters. The van der Waals surface area contributed by atoms with E-state index in [4.69, 9.17) is 10.2 Å². The average molecular weight is 291 g/mol. The van der Waals surface area contributed by atoms with E-state index in [1.807, 2.05) is 0 Å². The van der Waals surface area contributed by atoms with Gasteiger partial charge in [0.25, 0.3) is 0 Å². The number of furan rings is 1. The van der Waals surface area contributed by atoms with Crippen LogP contribution in [0.25, 0.3) is 11.0 Å². The standard InChI is InChI=1S/C16H12F3NO/c1-8-10-6-5-9(17)7-13(10)21-16(8)15(20)11-3-2-4-12(18)14(11)19/h2-7,15H,20H2,1H3. The van der Waals surface area contributed by atoms with Crippen LogP contribution in [0.4, 0.5) is 13.2 Å². The molecular weight excluding hydrogens is 279 g/mol. The van der Waals surface area contributed by atoms with Crippen LogP contribution >= 0.6 is 0 Å². The summed E-state index contributed by atoms with van der Waals surface area (Å²) in [6.45, 7) is 1.75. The lowest BCUT2D eigenvalue weighted by atomic mass is 10.0. The second-order valence-corrected chi connectivity index (χ2v) is 4.85. The maximum Gasteiger partial charge on any atom is 0.164 e. The van der Waals surface area contributed by atoms with Crippen molar-refractivity contribution in [2.75, 3.05) is 0 Å². The van der Waals surface area contributed by atoms with Crippen molar-refractivity contribution in [3.63, 3.8) is 0 Å². The van der Waals surface area contributed by atoms with Crippen molar-refractivity contribution < 1.29 is 17.6 Å². The van der Waals surface area contributed by atoms with Crippen molar-refractivity contribution in [3.05, 3.63) is 70.7 Å². The predicted molar refractivity (Wildman–Crippen MR) is 73.3 cm³/mol. The second kappa shape index (κ2) is 4.93. The lowest BCUT2D eigenvalue weighted by Crippen LogP contribution is -2.14. The van der Waals surface area contributed by atoms with Gasteiger partial charge >= 0.3 is 0 Å². The molecule has 0 amide bonds. The Morgan fingerprint density at radius 3 is 2.62 bits per heavy atom. The fraction of sp³-hybridized carbons (Fsp3) is 0.125. The minimum Gasteiger partial charge on any atom is -0.459 e.